The molecule has 0 saturated heterocycles. The molecule has 0 aliphatic rings. The Morgan fingerprint density at radius 1 is 1.20 bits per heavy atom. The van der Waals surface area contributed by atoms with Crippen molar-refractivity contribution in [2.45, 2.75) is 71.2 Å². The zero-order valence-electron chi connectivity index (χ0n) is 11.0. The summed E-state index contributed by atoms with van der Waals surface area (Å²) in [5.74, 6) is 0. The van der Waals surface area contributed by atoms with Gasteiger partial charge in [-0.2, -0.15) is 0 Å². The van der Waals surface area contributed by atoms with Gasteiger partial charge in [0.05, 0.1) is 0 Å². The minimum Gasteiger partial charge on any atom is -0.414 e. The van der Waals surface area contributed by atoms with E-state index >= 15 is 0 Å². The molecule has 0 spiro atoms. The van der Waals surface area contributed by atoms with E-state index < -0.39 is 8.32 Å². The standard InChI is InChI=1S/C13H28OSi/c1-6-10-11-12-13(5)14-15(7-2,8-3)9-4/h6,13H,1,7-12H2,2-5H3. The molecule has 15 heavy (non-hydrogen) atoms. The molecule has 0 N–H and O–H groups in total. The van der Waals surface area contributed by atoms with E-state index in [9.17, 15) is 0 Å². The zero-order valence-corrected chi connectivity index (χ0v) is 12.0. The molecule has 2 heteroatoms. The largest absolute Gasteiger partial charge is 0.414 e. The third-order valence-electron chi connectivity index (χ3n) is 3.40. The van der Waals surface area contributed by atoms with E-state index in [1.54, 1.807) is 0 Å². The first-order valence-corrected chi connectivity index (χ1v) is 8.95. The SMILES string of the molecule is C=CCCCC(C)O[Si](CC)(CC)CC. The highest BCUT2D eigenvalue weighted by Crippen LogP contribution is 2.24. The van der Waals surface area contributed by atoms with Gasteiger partial charge in [0.15, 0.2) is 8.32 Å². The quantitative estimate of drug-likeness (QED) is 0.314. The molecule has 1 nitrogen and oxygen atoms in total. The van der Waals surface area contributed by atoms with Crippen LogP contribution in [0.3, 0.4) is 0 Å². The van der Waals surface area contributed by atoms with Gasteiger partial charge in [-0.1, -0.05) is 26.8 Å². The maximum Gasteiger partial charge on any atom is 0.192 e. The summed E-state index contributed by atoms with van der Waals surface area (Å²) in [4.78, 5) is 0. The second-order valence-electron chi connectivity index (χ2n) is 4.39. The van der Waals surface area contributed by atoms with Crippen LogP contribution in [0, 0.1) is 0 Å². The minimum atomic E-state index is -1.37. The molecule has 0 radical (unpaired) electrons. The van der Waals surface area contributed by atoms with Crippen molar-refractivity contribution in [3.05, 3.63) is 12.7 Å². The van der Waals surface area contributed by atoms with E-state index in [0.29, 0.717) is 6.10 Å². The third-order valence-corrected chi connectivity index (χ3v) is 8.17. The highest BCUT2D eigenvalue weighted by molar-refractivity contribution is 6.73. The Kier molecular flexibility index (Phi) is 8.07. The monoisotopic (exact) mass is 228 g/mol. The molecule has 0 aliphatic heterocycles. The Hall–Kier alpha value is -0.0831. The maximum atomic E-state index is 6.34. The van der Waals surface area contributed by atoms with E-state index in [2.05, 4.69) is 34.3 Å². The van der Waals surface area contributed by atoms with Gasteiger partial charge in [0.2, 0.25) is 0 Å². The predicted octanol–water partition coefficient (Wildman–Crippen LogP) is 4.75. The van der Waals surface area contributed by atoms with Crippen molar-refractivity contribution in [2.75, 3.05) is 0 Å². The molecule has 90 valence electrons. The van der Waals surface area contributed by atoms with Crippen LogP contribution < -0.4 is 0 Å². The smallest absolute Gasteiger partial charge is 0.192 e. The van der Waals surface area contributed by atoms with Crippen LogP contribution in [0.2, 0.25) is 18.1 Å². The molecule has 0 heterocycles. The molecule has 0 saturated carbocycles. The molecule has 1 atom stereocenters. The Morgan fingerprint density at radius 2 is 1.73 bits per heavy atom. The molecule has 0 aromatic heterocycles. The zero-order chi connectivity index (χ0) is 11.7. The van der Waals surface area contributed by atoms with Crippen LogP contribution in [0.25, 0.3) is 0 Å². The summed E-state index contributed by atoms with van der Waals surface area (Å²) < 4.78 is 6.34. The van der Waals surface area contributed by atoms with Gasteiger partial charge in [-0.25, -0.2) is 0 Å². The van der Waals surface area contributed by atoms with Gasteiger partial charge in [-0.05, 0) is 44.3 Å². The normalized spacial score (nSPS) is 13.9. The predicted molar refractivity (Wildman–Crippen MR) is 71.8 cm³/mol. The van der Waals surface area contributed by atoms with E-state index in [-0.39, 0.29) is 0 Å². The summed E-state index contributed by atoms with van der Waals surface area (Å²) in [6.07, 6.45) is 5.95. The van der Waals surface area contributed by atoms with Crippen molar-refractivity contribution < 1.29 is 4.43 Å². The fourth-order valence-electron chi connectivity index (χ4n) is 2.04. The van der Waals surface area contributed by atoms with Gasteiger partial charge in [0, 0.05) is 6.10 Å². The summed E-state index contributed by atoms with van der Waals surface area (Å²) in [5.41, 5.74) is 0. The number of rotatable bonds is 9. The average Bonchev–Trinajstić information content (AvgIpc) is 2.26. The van der Waals surface area contributed by atoms with Crippen molar-refractivity contribution in [3.8, 4) is 0 Å². The minimum absolute atomic E-state index is 0.441. The van der Waals surface area contributed by atoms with E-state index in [0.717, 1.165) is 6.42 Å². The molecule has 0 aromatic rings. The van der Waals surface area contributed by atoms with Gasteiger partial charge in [-0.15, -0.1) is 6.58 Å². The van der Waals surface area contributed by atoms with Crippen molar-refractivity contribution in [1.82, 2.24) is 0 Å². The third kappa shape index (κ3) is 5.52. The van der Waals surface area contributed by atoms with Crippen LogP contribution in [0.1, 0.15) is 47.0 Å². The molecular formula is C13H28OSi. The first-order chi connectivity index (χ1) is 7.14. The summed E-state index contributed by atoms with van der Waals surface area (Å²) in [7, 11) is -1.37. The second kappa shape index (κ2) is 8.11. The van der Waals surface area contributed by atoms with Crippen LogP contribution in [-0.4, -0.2) is 14.4 Å². The van der Waals surface area contributed by atoms with Gasteiger partial charge in [0.1, 0.15) is 0 Å². The van der Waals surface area contributed by atoms with Crippen LogP contribution in [0.15, 0.2) is 12.7 Å². The molecule has 0 aromatic carbocycles. The summed E-state index contributed by atoms with van der Waals surface area (Å²) in [5, 5.41) is 0. The number of hydrogen-bond donors (Lipinski definition) is 0. The lowest BCUT2D eigenvalue weighted by molar-refractivity contribution is 0.193. The molecule has 0 amide bonds. The van der Waals surface area contributed by atoms with Crippen LogP contribution in [-0.2, 0) is 4.43 Å². The van der Waals surface area contributed by atoms with Crippen molar-refractivity contribution in [1.29, 1.82) is 0 Å². The maximum absolute atomic E-state index is 6.34. The fourth-order valence-corrected chi connectivity index (χ4v) is 5.01. The van der Waals surface area contributed by atoms with E-state index in [1.165, 1.54) is 31.0 Å². The lowest BCUT2D eigenvalue weighted by atomic mass is 10.2. The van der Waals surface area contributed by atoms with Crippen molar-refractivity contribution in [3.63, 3.8) is 0 Å². The summed E-state index contributed by atoms with van der Waals surface area (Å²) in [6.45, 7) is 12.8. The highest BCUT2D eigenvalue weighted by Gasteiger charge is 2.30. The van der Waals surface area contributed by atoms with Gasteiger partial charge in [-0.3, -0.25) is 0 Å². The molecular weight excluding hydrogens is 200 g/mol. The lowest BCUT2D eigenvalue weighted by Gasteiger charge is -2.31. The summed E-state index contributed by atoms with van der Waals surface area (Å²) >= 11 is 0. The van der Waals surface area contributed by atoms with E-state index in [1.807, 2.05) is 6.08 Å². The van der Waals surface area contributed by atoms with Crippen LogP contribution in [0.5, 0.6) is 0 Å². The number of allylic oxidation sites excluding steroid dienone is 1. The number of hydrogen-bond acceptors (Lipinski definition) is 1. The van der Waals surface area contributed by atoms with Crippen LogP contribution in [0.4, 0.5) is 0 Å². The van der Waals surface area contributed by atoms with Crippen molar-refractivity contribution in [2.24, 2.45) is 0 Å². The first kappa shape index (κ1) is 14.9. The highest BCUT2D eigenvalue weighted by atomic mass is 28.4. The average molecular weight is 228 g/mol. The van der Waals surface area contributed by atoms with Gasteiger partial charge >= 0.3 is 0 Å². The van der Waals surface area contributed by atoms with E-state index in [4.69, 9.17) is 4.43 Å². The number of unbranched alkanes of at least 4 members (excludes halogenated alkanes) is 1. The van der Waals surface area contributed by atoms with Gasteiger partial charge in [0.25, 0.3) is 0 Å². The van der Waals surface area contributed by atoms with Crippen LogP contribution >= 0.6 is 0 Å². The Balaban J connectivity index is 3.99. The summed E-state index contributed by atoms with van der Waals surface area (Å²) in [6, 6.07) is 3.77. The van der Waals surface area contributed by atoms with Gasteiger partial charge < -0.3 is 4.43 Å². The Bertz CT molecular complexity index is 156. The molecule has 1 unspecified atom stereocenters. The van der Waals surface area contributed by atoms with Crippen molar-refractivity contribution >= 4 is 8.32 Å². The molecule has 0 bridgehead atoms. The Morgan fingerprint density at radius 3 is 2.13 bits per heavy atom. The molecule has 0 rings (SSSR count). The first-order valence-electron chi connectivity index (χ1n) is 6.42. The fraction of sp³-hybridized carbons (Fsp3) is 0.846. The Labute approximate surface area is 97.0 Å². The topological polar surface area (TPSA) is 9.23 Å². The lowest BCUT2D eigenvalue weighted by Crippen LogP contribution is -2.39. The molecule has 0 aliphatic carbocycles. The molecule has 0 fully saturated rings. The second-order valence-corrected chi connectivity index (χ2v) is 9.11.